The fraction of sp³-hybridized carbons (Fsp3) is 0.333. The summed E-state index contributed by atoms with van der Waals surface area (Å²) in [7, 11) is 1.57. The zero-order chi connectivity index (χ0) is 28.6. The molecule has 40 heavy (non-hydrogen) atoms. The van der Waals surface area contributed by atoms with Gasteiger partial charge in [-0.25, -0.2) is 0 Å². The summed E-state index contributed by atoms with van der Waals surface area (Å²) in [6, 6.07) is 20.3. The van der Waals surface area contributed by atoms with Crippen LogP contribution < -0.4 is 19.1 Å². The van der Waals surface area contributed by atoms with Gasteiger partial charge in [0.2, 0.25) is 0 Å². The molecule has 1 N–H and O–H groups in total. The van der Waals surface area contributed by atoms with Crippen molar-refractivity contribution in [1.82, 2.24) is 0 Å². The summed E-state index contributed by atoms with van der Waals surface area (Å²) < 4.78 is 16.9. The van der Waals surface area contributed by atoms with Gasteiger partial charge in [0.05, 0.1) is 31.9 Å². The second-order valence-corrected chi connectivity index (χ2v) is 10.2. The Morgan fingerprint density at radius 1 is 0.850 bits per heavy atom. The third kappa shape index (κ3) is 6.47. The van der Waals surface area contributed by atoms with Gasteiger partial charge in [-0.3, -0.25) is 14.5 Å². The summed E-state index contributed by atoms with van der Waals surface area (Å²) in [5.74, 6) is 0.659. The van der Waals surface area contributed by atoms with Crippen LogP contribution in [0.2, 0.25) is 0 Å². The number of carbonyl (C=O) groups excluding carboxylic acids is 2. The van der Waals surface area contributed by atoms with Crippen molar-refractivity contribution < 1.29 is 28.9 Å². The molecule has 4 rings (SSSR count). The van der Waals surface area contributed by atoms with Gasteiger partial charge in [-0.05, 0) is 78.6 Å². The molecule has 7 nitrogen and oxygen atoms in total. The van der Waals surface area contributed by atoms with E-state index >= 15 is 0 Å². The lowest BCUT2D eigenvalue weighted by atomic mass is 9.95. The first-order valence-electron chi connectivity index (χ1n) is 13.7. The number of nitrogens with zero attached hydrogens (tertiary/aromatic N) is 1. The molecule has 0 radical (unpaired) electrons. The van der Waals surface area contributed by atoms with E-state index in [0.29, 0.717) is 53.2 Å². The second-order valence-electron chi connectivity index (χ2n) is 10.2. The number of anilines is 1. The molecule has 0 aromatic heterocycles. The third-order valence-electron chi connectivity index (χ3n) is 6.72. The molecule has 0 aliphatic carbocycles. The van der Waals surface area contributed by atoms with E-state index in [1.165, 1.54) is 4.90 Å². The number of hydrogen-bond donors (Lipinski definition) is 1. The number of ketones is 1. The zero-order valence-corrected chi connectivity index (χ0v) is 23.6. The number of ether oxygens (including phenoxy) is 3. The number of benzene rings is 3. The molecule has 1 saturated heterocycles. The molecule has 1 amide bonds. The largest absolute Gasteiger partial charge is 0.507 e. The molecule has 0 spiro atoms. The minimum Gasteiger partial charge on any atom is -0.507 e. The van der Waals surface area contributed by atoms with Crippen LogP contribution in [0, 0.1) is 5.92 Å². The summed E-state index contributed by atoms with van der Waals surface area (Å²) in [6.07, 6.45) is 3.17. The first kappa shape index (κ1) is 28.7. The average molecular weight is 544 g/mol. The molecule has 1 fully saturated rings. The van der Waals surface area contributed by atoms with Gasteiger partial charge in [0.25, 0.3) is 11.7 Å². The van der Waals surface area contributed by atoms with E-state index in [4.69, 9.17) is 14.2 Å². The molecular weight excluding hydrogens is 506 g/mol. The summed E-state index contributed by atoms with van der Waals surface area (Å²) in [5, 5.41) is 11.4. The van der Waals surface area contributed by atoms with Crippen molar-refractivity contribution in [3.63, 3.8) is 0 Å². The van der Waals surface area contributed by atoms with Crippen LogP contribution in [-0.2, 0) is 9.59 Å². The molecule has 1 unspecified atom stereocenters. The molecular formula is C33H37NO6. The van der Waals surface area contributed by atoms with E-state index in [1.807, 2.05) is 0 Å². The normalized spacial score (nSPS) is 16.4. The van der Waals surface area contributed by atoms with Crippen LogP contribution in [0.15, 0.2) is 78.4 Å². The zero-order valence-electron chi connectivity index (χ0n) is 23.6. The van der Waals surface area contributed by atoms with Gasteiger partial charge >= 0.3 is 0 Å². The Balaban J connectivity index is 1.71. The lowest BCUT2D eigenvalue weighted by Crippen LogP contribution is -2.29. The predicted molar refractivity (Wildman–Crippen MR) is 156 cm³/mol. The van der Waals surface area contributed by atoms with Crippen LogP contribution in [0.3, 0.4) is 0 Å². The Bertz CT molecular complexity index is 1330. The molecule has 7 heteroatoms. The first-order valence-corrected chi connectivity index (χ1v) is 13.7. The Labute approximate surface area is 236 Å². The predicted octanol–water partition coefficient (Wildman–Crippen LogP) is 6.93. The fourth-order valence-electron chi connectivity index (χ4n) is 4.57. The van der Waals surface area contributed by atoms with Crippen molar-refractivity contribution in [2.24, 2.45) is 5.92 Å². The number of hydrogen-bond acceptors (Lipinski definition) is 6. The van der Waals surface area contributed by atoms with Gasteiger partial charge in [-0.2, -0.15) is 0 Å². The Morgan fingerprint density at radius 2 is 1.45 bits per heavy atom. The molecule has 3 aromatic carbocycles. The number of unbranched alkanes of at least 4 members (excludes halogenated alkanes) is 2. The van der Waals surface area contributed by atoms with Crippen molar-refractivity contribution in [1.29, 1.82) is 0 Å². The van der Waals surface area contributed by atoms with Crippen LogP contribution in [-0.4, -0.2) is 37.1 Å². The van der Waals surface area contributed by atoms with Crippen molar-refractivity contribution in [3.8, 4) is 17.2 Å². The third-order valence-corrected chi connectivity index (χ3v) is 6.72. The van der Waals surface area contributed by atoms with E-state index in [9.17, 15) is 14.7 Å². The van der Waals surface area contributed by atoms with Crippen LogP contribution in [0.4, 0.5) is 5.69 Å². The van der Waals surface area contributed by atoms with Crippen molar-refractivity contribution in [2.75, 3.05) is 25.2 Å². The van der Waals surface area contributed by atoms with Gasteiger partial charge in [-0.15, -0.1) is 0 Å². The summed E-state index contributed by atoms with van der Waals surface area (Å²) in [4.78, 5) is 28.3. The first-order chi connectivity index (χ1) is 19.3. The van der Waals surface area contributed by atoms with Crippen LogP contribution in [0.5, 0.6) is 17.2 Å². The summed E-state index contributed by atoms with van der Waals surface area (Å²) >= 11 is 0. The van der Waals surface area contributed by atoms with Crippen molar-refractivity contribution in [3.05, 3.63) is 89.5 Å². The van der Waals surface area contributed by atoms with Crippen molar-refractivity contribution >= 4 is 23.1 Å². The summed E-state index contributed by atoms with van der Waals surface area (Å²) in [5.41, 5.74) is 1.63. The maximum absolute atomic E-state index is 13.4. The molecule has 1 aliphatic heterocycles. The molecule has 0 saturated carbocycles. The van der Waals surface area contributed by atoms with Crippen molar-refractivity contribution in [2.45, 2.75) is 46.1 Å². The van der Waals surface area contributed by atoms with Crippen LogP contribution >= 0.6 is 0 Å². The molecule has 1 heterocycles. The van der Waals surface area contributed by atoms with Gasteiger partial charge in [0.1, 0.15) is 23.0 Å². The SMILES string of the molecule is CCCCCOc1ccc(/C(O)=C2\C(=O)C(=O)N(c3ccc(OCC(C)C)cc3)C2c2ccc(OC)cc2)cc1. The van der Waals surface area contributed by atoms with Crippen LogP contribution in [0.25, 0.3) is 5.76 Å². The Kier molecular flexibility index (Phi) is 9.48. The number of rotatable bonds is 12. The second kappa shape index (κ2) is 13.2. The summed E-state index contributed by atoms with van der Waals surface area (Å²) in [6.45, 7) is 7.45. The van der Waals surface area contributed by atoms with E-state index in [2.05, 4.69) is 20.8 Å². The smallest absolute Gasteiger partial charge is 0.300 e. The lowest BCUT2D eigenvalue weighted by Gasteiger charge is -2.26. The standard InChI is InChI=1S/C33H37NO6/c1-5-6-7-20-39-27-16-10-24(11-17-27)31(35)29-30(23-8-14-26(38-4)15-9-23)34(33(37)32(29)36)25-12-18-28(19-13-25)40-21-22(2)3/h8-19,22,30,35H,5-7,20-21H2,1-4H3/b31-29+. The average Bonchev–Trinajstić information content (AvgIpc) is 3.24. The number of Topliss-reactive ketones (excluding diaryl/α,β-unsaturated/α-hetero) is 1. The number of aliphatic hydroxyl groups excluding tert-OH is 1. The molecule has 210 valence electrons. The maximum atomic E-state index is 13.4. The van der Waals surface area contributed by atoms with E-state index in [1.54, 1.807) is 79.9 Å². The highest BCUT2D eigenvalue weighted by molar-refractivity contribution is 6.51. The topological polar surface area (TPSA) is 85.3 Å². The lowest BCUT2D eigenvalue weighted by molar-refractivity contribution is -0.132. The van der Waals surface area contributed by atoms with E-state index in [-0.39, 0.29) is 11.3 Å². The Morgan fingerprint density at radius 3 is 2.05 bits per heavy atom. The fourth-order valence-corrected chi connectivity index (χ4v) is 4.57. The molecule has 1 atom stereocenters. The monoisotopic (exact) mass is 543 g/mol. The highest BCUT2D eigenvalue weighted by Crippen LogP contribution is 2.43. The van der Waals surface area contributed by atoms with E-state index in [0.717, 1.165) is 19.3 Å². The number of carbonyl (C=O) groups is 2. The number of methoxy groups -OCH3 is 1. The number of amides is 1. The molecule has 1 aliphatic rings. The quantitative estimate of drug-likeness (QED) is 0.115. The van der Waals surface area contributed by atoms with Crippen LogP contribution in [0.1, 0.15) is 57.2 Å². The van der Waals surface area contributed by atoms with Gasteiger partial charge < -0.3 is 19.3 Å². The highest BCUT2D eigenvalue weighted by atomic mass is 16.5. The number of aliphatic hydroxyl groups is 1. The van der Waals surface area contributed by atoms with Gasteiger partial charge in [0, 0.05) is 11.3 Å². The van der Waals surface area contributed by atoms with Gasteiger partial charge in [-0.1, -0.05) is 45.7 Å². The maximum Gasteiger partial charge on any atom is 0.300 e. The Hall–Kier alpha value is -4.26. The minimum absolute atomic E-state index is 0.0203. The van der Waals surface area contributed by atoms with E-state index < -0.39 is 17.7 Å². The highest BCUT2D eigenvalue weighted by Gasteiger charge is 2.47. The molecule has 3 aromatic rings. The molecule has 0 bridgehead atoms. The van der Waals surface area contributed by atoms with Gasteiger partial charge in [0.15, 0.2) is 0 Å². The minimum atomic E-state index is -0.835.